The van der Waals surface area contributed by atoms with Gasteiger partial charge in [0.05, 0.1) is 17.5 Å². The number of hydrogen-bond acceptors (Lipinski definition) is 6. The predicted octanol–water partition coefficient (Wildman–Crippen LogP) is 4.29. The normalized spacial score (nSPS) is 17.5. The van der Waals surface area contributed by atoms with Gasteiger partial charge in [0, 0.05) is 11.6 Å². The highest BCUT2D eigenvalue weighted by molar-refractivity contribution is 7.13. The van der Waals surface area contributed by atoms with E-state index in [1.54, 1.807) is 11.3 Å². The topological polar surface area (TPSA) is 71.3 Å². The quantitative estimate of drug-likeness (QED) is 0.648. The van der Waals surface area contributed by atoms with Crippen LogP contribution in [0.1, 0.15) is 36.8 Å². The van der Waals surface area contributed by atoms with Crippen molar-refractivity contribution in [2.24, 2.45) is 0 Å². The molecule has 0 bridgehead atoms. The van der Waals surface area contributed by atoms with Gasteiger partial charge in [0.2, 0.25) is 17.6 Å². The third-order valence-corrected chi connectivity index (χ3v) is 5.95. The van der Waals surface area contributed by atoms with E-state index in [1.807, 2.05) is 41.8 Å². The Kier molecular flexibility index (Phi) is 6.04. The maximum absolute atomic E-state index is 12.5. The molecule has 1 fully saturated rings. The molecule has 6 nitrogen and oxygen atoms in total. The van der Waals surface area contributed by atoms with Gasteiger partial charge in [0.25, 0.3) is 0 Å². The van der Waals surface area contributed by atoms with Crippen LogP contribution in [0, 0.1) is 0 Å². The fourth-order valence-electron chi connectivity index (χ4n) is 3.38. The SMILES string of the molecule is O=C(CN1CCCC[C@@H]1c1nc(-c2cccs2)no1)NCc1ccc(Cl)cc1. The second-order valence-corrected chi connectivity index (χ2v) is 8.20. The minimum absolute atomic E-state index is 0.0140. The number of piperidine rings is 1. The summed E-state index contributed by atoms with van der Waals surface area (Å²) in [6.45, 7) is 1.64. The van der Waals surface area contributed by atoms with Crippen LogP contribution >= 0.6 is 22.9 Å². The molecule has 0 saturated carbocycles. The smallest absolute Gasteiger partial charge is 0.244 e. The van der Waals surface area contributed by atoms with E-state index in [1.165, 1.54) is 0 Å². The molecule has 1 amide bonds. The number of benzene rings is 1. The molecule has 2 aromatic heterocycles. The number of carbonyl (C=O) groups excluding carboxylic acids is 1. The molecule has 1 aromatic carbocycles. The number of amides is 1. The van der Waals surface area contributed by atoms with Crippen LogP contribution in [0.4, 0.5) is 0 Å². The number of halogens is 1. The number of nitrogens with one attached hydrogen (secondary N) is 1. The molecule has 0 aliphatic carbocycles. The molecule has 1 saturated heterocycles. The summed E-state index contributed by atoms with van der Waals surface area (Å²) in [5, 5.41) is 9.77. The lowest BCUT2D eigenvalue weighted by atomic mass is 10.0. The third-order valence-electron chi connectivity index (χ3n) is 4.83. The number of nitrogens with zero attached hydrogens (tertiary/aromatic N) is 3. The molecule has 4 rings (SSSR count). The van der Waals surface area contributed by atoms with Crippen molar-refractivity contribution in [2.45, 2.75) is 31.8 Å². The first kappa shape index (κ1) is 19.1. The van der Waals surface area contributed by atoms with Crippen molar-refractivity contribution in [3.05, 3.63) is 58.3 Å². The van der Waals surface area contributed by atoms with Gasteiger partial charge in [-0.15, -0.1) is 11.3 Å². The lowest BCUT2D eigenvalue weighted by Crippen LogP contribution is -2.41. The van der Waals surface area contributed by atoms with Gasteiger partial charge in [0.1, 0.15) is 0 Å². The molecule has 28 heavy (non-hydrogen) atoms. The summed E-state index contributed by atoms with van der Waals surface area (Å²) in [5.74, 6) is 1.19. The Morgan fingerprint density at radius 3 is 2.93 bits per heavy atom. The van der Waals surface area contributed by atoms with Crippen LogP contribution in [0.15, 0.2) is 46.3 Å². The summed E-state index contributed by atoms with van der Waals surface area (Å²) < 4.78 is 5.54. The minimum atomic E-state index is -0.0174. The monoisotopic (exact) mass is 416 g/mol. The second-order valence-electron chi connectivity index (χ2n) is 6.82. The Balaban J connectivity index is 1.38. The van der Waals surface area contributed by atoms with Gasteiger partial charge in [-0.1, -0.05) is 41.4 Å². The maximum Gasteiger partial charge on any atom is 0.244 e. The average molecular weight is 417 g/mol. The number of likely N-dealkylation sites (tertiary alicyclic amines) is 1. The van der Waals surface area contributed by atoms with Crippen molar-refractivity contribution in [3.63, 3.8) is 0 Å². The van der Waals surface area contributed by atoms with Crippen molar-refractivity contribution in [1.29, 1.82) is 0 Å². The van der Waals surface area contributed by atoms with Crippen LogP contribution in [0.5, 0.6) is 0 Å². The Bertz CT molecular complexity index is 911. The zero-order chi connectivity index (χ0) is 19.3. The molecule has 146 valence electrons. The van der Waals surface area contributed by atoms with E-state index in [9.17, 15) is 4.79 Å². The standard InChI is InChI=1S/C20H21ClN4O2S/c21-15-8-6-14(7-9-15)12-22-18(26)13-25-10-2-1-4-16(25)20-23-19(24-27-20)17-5-3-11-28-17/h3,5-9,11,16H,1-2,4,10,12-13H2,(H,22,26)/t16-/m1/s1. The average Bonchev–Trinajstić information content (AvgIpc) is 3.40. The molecule has 1 atom stereocenters. The Labute approximate surface area is 172 Å². The van der Waals surface area contributed by atoms with E-state index < -0.39 is 0 Å². The number of thiophene rings is 1. The van der Waals surface area contributed by atoms with Crippen LogP contribution in [-0.4, -0.2) is 34.0 Å². The van der Waals surface area contributed by atoms with Gasteiger partial charge in [-0.3, -0.25) is 9.69 Å². The summed E-state index contributed by atoms with van der Waals surface area (Å²) >= 11 is 7.48. The Morgan fingerprint density at radius 2 is 2.14 bits per heavy atom. The zero-order valence-electron chi connectivity index (χ0n) is 15.3. The van der Waals surface area contributed by atoms with Gasteiger partial charge in [-0.2, -0.15) is 4.98 Å². The van der Waals surface area contributed by atoms with E-state index in [0.717, 1.165) is 36.2 Å². The van der Waals surface area contributed by atoms with Gasteiger partial charge in [-0.25, -0.2) is 0 Å². The minimum Gasteiger partial charge on any atom is -0.351 e. The van der Waals surface area contributed by atoms with Gasteiger partial charge in [0.15, 0.2) is 0 Å². The Hall–Kier alpha value is -2.22. The van der Waals surface area contributed by atoms with E-state index in [0.29, 0.717) is 29.8 Å². The van der Waals surface area contributed by atoms with Crippen molar-refractivity contribution in [2.75, 3.05) is 13.1 Å². The van der Waals surface area contributed by atoms with E-state index in [-0.39, 0.29) is 11.9 Å². The molecular weight excluding hydrogens is 396 g/mol. The molecule has 3 heterocycles. The van der Waals surface area contributed by atoms with Crippen LogP contribution in [0.25, 0.3) is 10.7 Å². The number of aromatic nitrogens is 2. The lowest BCUT2D eigenvalue weighted by molar-refractivity contribution is -0.123. The largest absolute Gasteiger partial charge is 0.351 e. The summed E-state index contributed by atoms with van der Waals surface area (Å²) in [6.07, 6.45) is 3.06. The van der Waals surface area contributed by atoms with Crippen LogP contribution in [0.3, 0.4) is 0 Å². The second kappa shape index (κ2) is 8.86. The highest BCUT2D eigenvalue weighted by Gasteiger charge is 2.30. The van der Waals surface area contributed by atoms with Crippen molar-refractivity contribution in [1.82, 2.24) is 20.4 Å². The molecule has 0 radical (unpaired) electrons. The predicted molar refractivity (Wildman–Crippen MR) is 109 cm³/mol. The van der Waals surface area contributed by atoms with Crippen LogP contribution < -0.4 is 5.32 Å². The van der Waals surface area contributed by atoms with Gasteiger partial charge in [-0.05, 0) is 48.5 Å². The van der Waals surface area contributed by atoms with Gasteiger partial charge < -0.3 is 9.84 Å². The van der Waals surface area contributed by atoms with Gasteiger partial charge >= 0.3 is 0 Å². The highest BCUT2D eigenvalue weighted by Crippen LogP contribution is 2.31. The first-order valence-electron chi connectivity index (χ1n) is 9.32. The van der Waals surface area contributed by atoms with Crippen molar-refractivity contribution >= 4 is 28.8 Å². The first-order chi connectivity index (χ1) is 13.7. The number of rotatable bonds is 6. The first-order valence-corrected chi connectivity index (χ1v) is 10.6. The molecular formula is C20H21ClN4O2S. The lowest BCUT2D eigenvalue weighted by Gasteiger charge is -2.32. The molecule has 1 aliphatic rings. The molecule has 8 heteroatoms. The van der Waals surface area contributed by atoms with E-state index in [2.05, 4.69) is 20.4 Å². The Morgan fingerprint density at radius 1 is 1.29 bits per heavy atom. The summed E-state index contributed by atoms with van der Waals surface area (Å²) in [7, 11) is 0. The molecule has 3 aromatic rings. The number of carbonyl (C=O) groups is 1. The van der Waals surface area contributed by atoms with Crippen molar-refractivity contribution in [3.8, 4) is 10.7 Å². The van der Waals surface area contributed by atoms with E-state index >= 15 is 0 Å². The number of hydrogen-bond donors (Lipinski definition) is 1. The summed E-state index contributed by atoms with van der Waals surface area (Å²) in [6, 6.07) is 11.4. The molecule has 0 spiro atoms. The fourth-order valence-corrected chi connectivity index (χ4v) is 4.15. The zero-order valence-corrected chi connectivity index (χ0v) is 16.9. The maximum atomic E-state index is 12.5. The molecule has 1 N–H and O–H groups in total. The third kappa shape index (κ3) is 4.60. The summed E-state index contributed by atoms with van der Waals surface area (Å²) in [4.78, 5) is 20.2. The van der Waals surface area contributed by atoms with Crippen molar-refractivity contribution < 1.29 is 9.32 Å². The fraction of sp³-hybridized carbons (Fsp3) is 0.350. The van der Waals surface area contributed by atoms with Crippen LogP contribution in [-0.2, 0) is 11.3 Å². The molecule has 0 unspecified atom stereocenters. The van der Waals surface area contributed by atoms with Crippen LogP contribution in [0.2, 0.25) is 5.02 Å². The molecule has 1 aliphatic heterocycles. The highest BCUT2D eigenvalue weighted by atomic mass is 35.5. The summed E-state index contributed by atoms with van der Waals surface area (Å²) in [5.41, 5.74) is 1.02. The van der Waals surface area contributed by atoms with E-state index in [4.69, 9.17) is 16.1 Å².